The van der Waals surface area contributed by atoms with Crippen LogP contribution < -0.4 is 5.32 Å². The molecule has 2 aromatic rings. The number of alkyl carbamates (subject to hydrolysis) is 1. The van der Waals surface area contributed by atoms with Crippen molar-refractivity contribution >= 4 is 17.4 Å². The number of benzene rings is 2. The molecule has 1 heterocycles. The predicted molar refractivity (Wildman–Crippen MR) is 147 cm³/mol. The Morgan fingerprint density at radius 1 is 1.08 bits per heavy atom. The Morgan fingerprint density at radius 2 is 1.81 bits per heavy atom. The van der Waals surface area contributed by atoms with Crippen molar-refractivity contribution in [2.45, 2.75) is 59.5 Å². The molecular weight excluding hydrogens is 446 g/mol. The number of ether oxygens (including phenoxy) is 2. The standard InChI is InChI=1S/C32H37NO3/c1-5-24-13-9-8-12-16-29(24)27-17-19-28(20-18-27)31-30(22(3)25(6-2)21-35-31)33-32(34)36-23(4)26-14-10-7-11-15-26/h7-8,10-12,14-20,23-24H,5-6,9,13,21H2,1-4H3,(H,33,34). The maximum absolute atomic E-state index is 12.9. The van der Waals surface area contributed by atoms with Gasteiger partial charge in [0, 0.05) is 5.56 Å². The van der Waals surface area contributed by atoms with Crippen LogP contribution in [-0.4, -0.2) is 12.7 Å². The van der Waals surface area contributed by atoms with E-state index >= 15 is 0 Å². The lowest BCUT2D eigenvalue weighted by Crippen LogP contribution is -2.29. The van der Waals surface area contributed by atoms with E-state index in [2.05, 4.69) is 61.7 Å². The van der Waals surface area contributed by atoms with Crippen molar-refractivity contribution < 1.29 is 14.3 Å². The molecule has 2 aromatic carbocycles. The smallest absolute Gasteiger partial charge is 0.412 e. The molecule has 4 nitrogen and oxygen atoms in total. The first-order valence-electron chi connectivity index (χ1n) is 13.1. The van der Waals surface area contributed by atoms with Crippen molar-refractivity contribution in [1.29, 1.82) is 0 Å². The number of nitrogens with one attached hydrogen (secondary N) is 1. The van der Waals surface area contributed by atoms with E-state index in [1.807, 2.05) is 44.2 Å². The van der Waals surface area contributed by atoms with Gasteiger partial charge in [-0.1, -0.05) is 86.7 Å². The fraction of sp³-hybridized carbons (Fsp3) is 0.344. The highest BCUT2D eigenvalue weighted by atomic mass is 16.6. The largest absolute Gasteiger partial charge is 0.486 e. The molecule has 1 aliphatic carbocycles. The predicted octanol–water partition coefficient (Wildman–Crippen LogP) is 8.36. The van der Waals surface area contributed by atoms with Crippen LogP contribution in [-0.2, 0) is 9.47 Å². The molecule has 2 aliphatic rings. The number of carbonyl (C=O) groups excluding carboxylic acids is 1. The molecule has 0 bridgehead atoms. The topological polar surface area (TPSA) is 47.6 Å². The number of rotatable bonds is 7. The highest BCUT2D eigenvalue weighted by Crippen LogP contribution is 2.35. The van der Waals surface area contributed by atoms with Crippen LogP contribution >= 0.6 is 0 Å². The van der Waals surface area contributed by atoms with Crippen molar-refractivity contribution in [1.82, 2.24) is 5.32 Å². The van der Waals surface area contributed by atoms with E-state index in [0.29, 0.717) is 24.0 Å². The van der Waals surface area contributed by atoms with Crippen LogP contribution in [0.1, 0.15) is 76.2 Å². The first kappa shape index (κ1) is 25.6. The molecule has 0 saturated carbocycles. The van der Waals surface area contributed by atoms with Crippen molar-refractivity contribution in [3.63, 3.8) is 0 Å². The molecule has 1 amide bonds. The van der Waals surface area contributed by atoms with Crippen molar-refractivity contribution in [2.75, 3.05) is 6.61 Å². The van der Waals surface area contributed by atoms with Gasteiger partial charge in [0.2, 0.25) is 0 Å². The maximum atomic E-state index is 12.9. The molecule has 1 N–H and O–H groups in total. The van der Waals surface area contributed by atoms with Crippen LogP contribution in [0.5, 0.6) is 0 Å². The molecule has 1 aliphatic heterocycles. The van der Waals surface area contributed by atoms with Gasteiger partial charge in [0.05, 0.1) is 5.70 Å². The molecule has 0 saturated heterocycles. The third-order valence-corrected chi connectivity index (χ3v) is 7.24. The van der Waals surface area contributed by atoms with E-state index in [9.17, 15) is 4.79 Å². The lowest BCUT2D eigenvalue weighted by molar-refractivity contribution is 0.109. The lowest BCUT2D eigenvalue weighted by Gasteiger charge is -2.26. The monoisotopic (exact) mass is 483 g/mol. The fourth-order valence-electron chi connectivity index (χ4n) is 4.94. The number of amides is 1. The zero-order valence-electron chi connectivity index (χ0n) is 21.8. The summed E-state index contributed by atoms with van der Waals surface area (Å²) in [5.41, 5.74) is 7.40. The van der Waals surface area contributed by atoms with E-state index in [1.54, 1.807) is 0 Å². The van der Waals surface area contributed by atoms with Gasteiger partial charge in [-0.2, -0.15) is 0 Å². The lowest BCUT2D eigenvalue weighted by atomic mass is 9.87. The highest BCUT2D eigenvalue weighted by Gasteiger charge is 2.24. The normalized spacial score (nSPS) is 18.8. The average Bonchev–Trinajstić information content (AvgIpc) is 3.16. The van der Waals surface area contributed by atoms with Gasteiger partial charge in [-0.3, -0.25) is 5.32 Å². The van der Waals surface area contributed by atoms with E-state index in [4.69, 9.17) is 9.47 Å². The summed E-state index contributed by atoms with van der Waals surface area (Å²) >= 11 is 0. The summed E-state index contributed by atoms with van der Waals surface area (Å²) in [6, 6.07) is 18.3. The molecule has 4 heteroatoms. The van der Waals surface area contributed by atoms with E-state index in [0.717, 1.165) is 36.0 Å². The van der Waals surface area contributed by atoms with Gasteiger partial charge in [-0.05, 0) is 73.3 Å². The molecule has 188 valence electrons. The van der Waals surface area contributed by atoms with E-state index in [-0.39, 0.29) is 6.10 Å². The van der Waals surface area contributed by atoms with Gasteiger partial charge in [0.15, 0.2) is 5.76 Å². The van der Waals surface area contributed by atoms with Crippen LogP contribution in [0.3, 0.4) is 0 Å². The molecular formula is C32H37NO3. The minimum absolute atomic E-state index is 0.359. The maximum Gasteiger partial charge on any atom is 0.412 e. The first-order chi connectivity index (χ1) is 17.5. The molecule has 2 unspecified atom stereocenters. The minimum atomic E-state index is -0.489. The quantitative estimate of drug-likeness (QED) is 0.430. The third kappa shape index (κ3) is 5.81. The third-order valence-electron chi connectivity index (χ3n) is 7.24. The second kappa shape index (κ2) is 11.9. The Labute approximate surface area is 215 Å². The molecule has 0 radical (unpaired) electrons. The highest BCUT2D eigenvalue weighted by molar-refractivity contribution is 5.79. The molecule has 0 fully saturated rings. The molecule has 0 aromatic heterocycles. The Balaban J connectivity index is 1.60. The summed E-state index contributed by atoms with van der Waals surface area (Å²) in [5.74, 6) is 1.24. The van der Waals surface area contributed by atoms with Crippen LogP contribution in [0.2, 0.25) is 0 Å². The molecule has 0 spiro atoms. The van der Waals surface area contributed by atoms with Gasteiger partial charge in [0.1, 0.15) is 12.7 Å². The zero-order chi connectivity index (χ0) is 25.5. The molecule has 36 heavy (non-hydrogen) atoms. The second-order valence-electron chi connectivity index (χ2n) is 9.47. The van der Waals surface area contributed by atoms with Crippen LogP contribution in [0.4, 0.5) is 4.79 Å². The van der Waals surface area contributed by atoms with E-state index < -0.39 is 6.09 Å². The summed E-state index contributed by atoms with van der Waals surface area (Å²) in [5, 5.41) is 3.00. The Hall–Kier alpha value is -3.53. The van der Waals surface area contributed by atoms with E-state index in [1.165, 1.54) is 23.1 Å². The van der Waals surface area contributed by atoms with Crippen molar-refractivity contribution in [3.8, 4) is 0 Å². The van der Waals surface area contributed by atoms with Crippen LogP contribution in [0.15, 0.2) is 89.7 Å². The first-order valence-corrected chi connectivity index (χ1v) is 13.1. The SMILES string of the molecule is CCC1=C(C)C(NC(=O)OC(C)c2ccccc2)=C(c2ccc(C3=CC=CCCC3CC)cc2)OC1. The molecule has 4 rings (SSSR count). The number of allylic oxidation sites excluding steroid dienone is 5. The number of hydrogen-bond acceptors (Lipinski definition) is 3. The second-order valence-corrected chi connectivity index (χ2v) is 9.47. The number of hydrogen-bond donors (Lipinski definition) is 1. The summed E-state index contributed by atoms with van der Waals surface area (Å²) in [7, 11) is 0. The van der Waals surface area contributed by atoms with Crippen LogP contribution in [0, 0.1) is 5.92 Å². The van der Waals surface area contributed by atoms with Crippen LogP contribution in [0.25, 0.3) is 11.3 Å². The Morgan fingerprint density at radius 3 is 2.50 bits per heavy atom. The zero-order valence-corrected chi connectivity index (χ0v) is 21.8. The number of carbonyl (C=O) groups is 1. The van der Waals surface area contributed by atoms with Gasteiger partial charge < -0.3 is 9.47 Å². The molecule has 2 atom stereocenters. The summed E-state index contributed by atoms with van der Waals surface area (Å²) in [6.45, 7) is 8.80. The Bertz CT molecular complexity index is 1190. The minimum Gasteiger partial charge on any atom is -0.486 e. The average molecular weight is 484 g/mol. The summed E-state index contributed by atoms with van der Waals surface area (Å²) < 4.78 is 11.9. The summed E-state index contributed by atoms with van der Waals surface area (Å²) in [6.07, 6.45) is 10.1. The van der Waals surface area contributed by atoms with Crippen molar-refractivity contribution in [2.24, 2.45) is 5.92 Å². The Kier molecular flexibility index (Phi) is 8.48. The van der Waals surface area contributed by atoms with Gasteiger partial charge in [-0.25, -0.2) is 4.79 Å². The van der Waals surface area contributed by atoms with Gasteiger partial charge >= 0.3 is 6.09 Å². The van der Waals surface area contributed by atoms with Crippen molar-refractivity contribution in [3.05, 3.63) is 106 Å². The van der Waals surface area contributed by atoms with Gasteiger partial charge in [-0.15, -0.1) is 0 Å². The van der Waals surface area contributed by atoms with Gasteiger partial charge in [0.25, 0.3) is 0 Å². The summed E-state index contributed by atoms with van der Waals surface area (Å²) in [4.78, 5) is 12.9. The fourth-order valence-corrected chi connectivity index (χ4v) is 4.94.